The third-order valence-corrected chi connectivity index (χ3v) is 7.31. The molecule has 1 amide bonds. The predicted octanol–water partition coefficient (Wildman–Crippen LogP) is 4.35. The van der Waals surface area contributed by atoms with Crippen LogP contribution in [-0.4, -0.2) is 85.2 Å². The second-order valence-electron chi connectivity index (χ2n) is 10.4. The molecular formula is C33H38N6O3. The Bertz CT molecular complexity index is 1460. The summed E-state index contributed by atoms with van der Waals surface area (Å²) in [6, 6.07) is 16.3. The summed E-state index contributed by atoms with van der Waals surface area (Å²) in [5.41, 5.74) is 4.83. The number of nitrogens with one attached hydrogen (secondary N) is 1. The monoisotopic (exact) mass is 566 g/mol. The molecule has 218 valence electrons. The first-order valence-electron chi connectivity index (χ1n) is 14.4. The number of carbonyl (C=O) groups is 1. The van der Waals surface area contributed by atoms with Gasteiger partial charge in [-0.15, -0.1) is 0 Å². The summed E-state index contributed by atoms with van der Waals surface area (Å²) in [6.45, 7) is 8.18. The zero-order valence-corrected chi connectivity index (χ0v) is 24.4. The smallest absolute Gasteiger partial charge is 0.298 e. The number of hydrogen-bond acceptors (Lipinski definition) is 8. The average Bonchev–Trinajstić information content (AvgIpc) is 3.01. The first kappa shape index (κ1) is 29.1. The Morgan fingerprint density at radius 1 is 1.10 bits per heavy atom. The number of piperazine rings is 1. The van der Waals surface area contributed by atoms with E-state index in [4.69, 9.17) is 14.5 Å². The van der Waals surface area contributed by atoms with Crippen LogP contribution in [0.5, 0.6) is 5.75 Å². The Morgan fingerprint density at radius 2 is 1.98 bits per heavy atom. The van der Waals surface area contributed by atoms with Crippen LogP contribution in [0, 0.1) is 11.8 Å². The Labute approximate surface area is 248 Å². The first-order chi connectivity index (χ1) is 20.6. The van der Waals surface area contributed by atoms with Gasteiger partial charge in [0.1, 0.15) is 5.75 Å². The van der Waals surface area contributed by atoms with Gasteiger partial charge < -0.3 is 24.6 Å². The summed E-state index contributed by atoms with van der Waals surface area (Å²) < 4.78 is 11.9. The van der Waals surface area contributed by atoms with Gasteiger partial charge in [-0.1, -0.05) is 30.2 Å². The molecule has 5 rings (SSSR count). The van der Waals surface area contributed by atoms with Crippen LogP contribution in [0.3, 0.4) is 0 Å². The van der Waals surface area contributed by atoms with Crippen molar-refractivity contribution in [3.63, 3.8) is 0 Å². The molecule has 6 bridgehead atoms. The third kappa shape index (κ3) is 8.09. The number of benzene rings is 2. The van der Waals surface area contributed by atoms with Crippen molar-refractivity contribution in [2.24, 2.45) is 0 Å². The normalized spacial score (nSPS) is 16.5. The summed E-state index contributed by atoms with van der Waals surface area (Å²) in [6.07, 6.45) is 6.70. The number of anilines is 3. The summed E-state index contributed by atoms with van der Waals surface area (Å²) in [5, 5.41) is 3.41. The lowest BCUT2D eigenvalue weighted by Crippen LogP contribution is -2.49. The summed E-state index contributed by atoms with van der Waals surface area (Å²) in [5.74, 6) is 6.61. The van der Waals surface area contributed by atoms with E-state index in [1.807, 2.05) is 41.3 Å². The lowest BCUT2D eigenvalue weighted by molar-refractivity contribution is -0.126. The van der Waals surface area contributed by atoms with Gasteiger partial charge in [0.15, 0.2) is 0 Å². The second kappa shape index (κ2) is 14.5. The fourth-order valence-electron chi connectivity index (χ4n) is 4.96. The van der Waals surface area contributed by atoms with Crippen LogP contribution in [-0.2, 0) is 16.1 Å². The maximum Gasteiger partial charge on any atom is 0.298 e. The zero-order valence-electron chi connectivity index (χ0n) is 24.4. The van der Waals surface area contributed by atoms with Gasteiger partial charge in [-0.3, -0.25) is 9.69 Å². The van der Waals surface area contributed by atoms with E-state index >= 15 is 0 Å². The highest BCUT2D eigenvalue weighted by molar-refractivity contribution is 5.93. The Balaban J connectivity index is 1.31. The van der Waals surface area contributed by atoms with E-state index in [0.717, 1.165) is 66.5 Å². The topological polar surface area (TPSA) is 83.1 Å². The highest BCUT2D eigenvalue weighted by atomic mass is 16.5. The lowest BCUT2D eigenvalue weighted by atomic mass is 10.1. The van der Waals surface area contributed by atoms with Crippen LogP contribution in [0.2, 0.25) is 0 Å². The standard InChI is InChI=1S/C33H38N6O3/c1-3-8-32(40)39-17-15-38(16-18-39)14-13-37(2)29-22-26-21-28(24-29)35-33-34-12-11-31(36-33)27-9-7-10-30(23-27)42-20-6-4-5-19-41-25-26/h4-5,7,9-12,21-24H,6,13-20,25H2,1-2H3,(H,34,35,36)/b5-4+. The number of rotatable bonds is 4. The molecule has 2 aliphatic heterocycles. The van der Waals surface area contributed by atoms with Gasteiger partial charge in [-0.05, 0) is 61.2 Å². The van der Waals surface area contributed by atoms with E-state index in [9.17, 15) is 4.79 Å². The summed E-state index contributed by atoms with van der Waals surface area (Å²) >= 11 is 0. The number of aromatic nitrogens is 2. The second-order valence-corrected chi connectivity index (χ2v) is 10.4. The summed E-state index contributed by atoms with van der Waals surface area (Å²) in [7, 11) is 2.10. The van der Waals surface area contributed by atoms with Crippen LogP contribution in [0.25, 0.3) is 11.3 Å². The van der Waals surface area contributed by atoms with Gasteiger partial charge >= 0.3 is 0 Å². The molecule has 1 saturated heterocycles. The third-order valence-electron chi connectivity index (χ3n) is 7.31. The molecule has 1 aromatic heterocycles. The Hall–Kier alpha value is -4.39. The van der Waals surface area contributed by atoms with Crippen molar-refractivity contribution in [3.05, 3.63) is 72.4 Å². The van der Waals surface area contributed by atoms with Gasteiger partial charge in [-0.2, -0.15) is 0 Å². The molecule has 0 aliphatic carbocycles. The maximum absolute atomic E-state index is 12.1. The molecule has 0 unspecified atom stereocenters. The number of nitrogens with zero attached hydrogens (tertiary/aromatic N) is 5. The van der Waals surface area contributed by atoms with Crippen molar-refractivity contribution in [2.75, 3.05) is 69.7 Å². The molecule has 9 heteroatoms. The molecule has 3 heterocycles. The highest BCUT2D eigenvalue weighted by Crippen LogP contribution is 2.27. The number of amides is 1. The van der Waals surface area contributed by atoms with E-state index in [0.29, 0.717) is 38.9 Å². The van der Waals surface area contributed by atoms with E-state index in [-0.39, 0.29) is 5.91 Å². The number of likely N-dealkylation sites (N-methyl/N-ethyl adjacent to an activating group) is 1. The van der Waals surface area contributed by atoms with Crippen molar-refractivity contribution in [3.8, 4) is 28.8 Å². The average molecular weight is 567 g/mol. The van der Waals surface area contributed by atoms with Crippen LogP contribution < -0.4 is 15.0 Å². The Morgan fingerprint density at radius 3 is 2.83 bits per heavy atom. The fourth-order valence-corrected chi connectivity index (χ4v) is 4.96. The molecule has 0 atom stereocenters. The van der Waals surface area contributed by atoms with E-state index in [2.05, 4.69) is 63.3 Å². The van der Waals surface area contributed by atoms with Crippen molar-refractivity contribution >= 4 is 23.2 Å². The maximum atomic E-state index is 12.1. The quantitative estimate of drug-likeness (QED) is 0.369. The largest absolute Gasteiger partial charge is 0.493 e. The first-order valence-corrected chi connectivity index (χ1v) is 14.4. The van der Waals surface area contributed by atoms with Crippen molar-refractivity contribution < 1.29 is 14.3 Å². The molecule has 2 aromatic carbocycles. The Kier molecular flexibility index (Phi) is 10.0. The molecule has 2 aliphatic rings. The minimum absolute atomic E-state index is 0.0795. The summed E-state index contributed by atoms with van der Waals surface area (Å²) in [4.78, 5) is 27.8. The van der Waals surface area contributed by atoms with Gasteiger partial charge in [0.2, 0.25) is 5.95 Å². The molecule has 42 heavy (non-hydrogen) atoms. The van der Waals surface area contributed by atoms with Crippen LogP contribution in [0.1, 0.15) is 18.9 Å². The van der Waals surface area contributed by atoms with Crippen molar-refractivity contribution in [1.29, 1.82) is 0 Å². The van der Waals surface area contributed by atoms with Crippen LogP contribution in [0.4, 0.5) is 17.3 Å². The fraction of sp³-hybridized carbons (Fsp3) is 0.364. The lowest BCUT2D eigenvalue weighted by Gasteiger charge is -2.34. The predicted molar refractivity (Wildman–Crippen MR) is 166 cm³/mol. The SMILES string of the molecule is CC#CC(=O)N1CCN(CCN(C)c2cc3cc(c2)Nc2nccc(n2)-c2cccc(c2)OCC/C=C/COC3)CC1. The van der Waals surface area contributed by atoms with Gasteiger partial charge in [0, 0.05) is 69.5 Å². The van der Waals surface area contributed by atoms with Gasteiger partial charge in [-0.25, -0.2) is 9.97 Å². The van der Waals surface area contributed by atoms with E-state index < -0.39 is 0 Å². The molecule has 1 N–H and O–H groups in total. The number of ether oxygens (including phenoxy) is 2. The van der Waals surface area contributed by atoms with Gasteiger partial charge in [0.25, 0.3) is 5.91 Å². The zero-order chi connectivity index (χ0) is 29.1. The van der Waals surface area contributed by atoms with Crippen LogP contribution in [0.15, 0.2) is 66.9 Å². The molecule has 0 saturated carbocycles. The number of hydrogen-bond donors (Lipinski definition) is 1. The van der Waals surface area contributed by atoms with Crippen LogP contribution >= 0.6 is 0 Å². The van der Waals surface area contributed by atoms with Crippen molar-refractivity contribution in [2.45, 2.75) is 20.0 Å². The minimum atomic E-state index is -0.0795. The molecular weight excluding hydrogens is 528 g/mol. The van der Waals surface area contributed by atoms with E-state index in [1.165, 1.54) is 0 Å². The molecule has 0 radical (unpaired) electrons. The van der Waals surface area contributed by atoms with E-state index in [1.54, 1.807) is 13.1 Å². The van der Waals surface area contributed by atoms with Gasteiger partial charge in [0.05, 0.1) is 25.5 Å². The molecule has 1 fully saturated rings. The molecule has 3 aromatic rings. The number of carbonyl (C=O) groups excluding carboxylic acids is 1. The number of fused-ring (bicyclic) bond motifs is 7. The minimum Gasteiger partial charge on any atom is -0.493 e. The van der Waals surface area contributed by atoms with Crippen molar-refractivity contribution in [1.82, 2.24) is 19.8 Å². The highest BCUT2D eigenvalue weighted by Gasteiger charge is 2.20. The molecule has 0 spiro atoms. The molecule has 9 nitrogen and oxygen atoms in total.